The highest BCUT2D eigenvalue weighted by Gasteiger charge is 2.54. The molecule has 4 heterocycles. The summed E-state index contributed by atoms with van der Waals surface area (Å²) in [5.74, 6) is 0. The number of aryl methyl sites for hydroxylation is 1. The van der Waals surface area contributed by atoms with Gasteiger partial charge in [-0.15, -0.1) is 0 Å². The van der Waals surface area contributed by atoms with Crippen LogP contribution in [0.3, 0.4) is 0 Å². The Bertz CT molecular complexity index is 907. The number of alkyl halides is 1. The highest BCUT2D eigenvalue weighted by Crippen LogP contribution is 2.42. The second-order valence-corrected chi connectivity index (χ2v) is 9.26. The van der Waals surface area contributed by atoms with E-state index in [2.05, 4.69) is 0 Å². The van der Waals surface area contributed by atoms with E-state index < -0.39 is 42.0 Å². The Balaban J connectivity index is 1.59. The molecule has 3 aliphatic rings. The lowest BCUT2D eigenvalue weighted by Crippen LogP contribution is -2.53. The molecule has 9 nitrogen and oxygen atoms in total. The van der Waals surface area contributed by atoms with Gasteiger partial charge in [-0.1, -0.05) is 0 Å². The lowest BCUT2D eigenvalue weighted by Gasteiger charge is -2.38. The van der Waals surface area contributed by atoms with E-state index in [1.165, 1.54) is 10.8 Å². The van der Waals surface area contributed by atoms with Gasteiger partial charge in [0, 0.05) is 37.9 Å². The fraction of sp³-hybridized carbons (Fsp3) is 0.826. The first-order valence-electron chi connectivity index (χ1n) is 12.0. The van der Waals surface area contributed by atoms with Crippen molar-refractivity contribution in [3.8, 4) is 0 Å². The number of nitrogens with zero attached hydrogens (tertiary/aromatic N) is 2. The third-order valence-corrected chi connectivity index (χ3v) is 6.88. The second-order valence-electron chi connectivity index (χ2n) is 9.26. The van der Waals surface area contributed by atoms with E-state index in [-0.39, 0.29) is 32.3 Å². The lowest BCUT2D eigenvalue weighted by molar-refractivity contribution is -0.210. The fourth-order valence-corrected chi connectivity index (χ4v) is 5.00. The first-order chi connectivity index (χ1) is 15.9. The average Bonchev–Trinajstić information content (AvgIpc) is 3.18. The molecule has 0 saturated carbocycles. The van der Waals surface area contributed by atoms with Crippen molar-refractivity contribution in [3.63, 3.8) is 0 Å². The molecule has 1 aromatic heterocycles. The molecule has 0 radical (unpaired) electrons. The van der Waals surface area contributed by atoms with Gasteiger partial charge < -0.3 is 24.1 Å². The Morgan fingerprint density at radius 3 is 2.61 bits per heavy atom. The zero-order valence-corrected chi connectivity index (χ0v) is 19.2. The van der Waals surface area contributed by atoms with Crippen molar-refractivity contribution in [2.24, 2.45) is 0 Å². The molecule has 5 atom stereocenters. The molecule has 4 rings (SSSR count). The molecule has 0 aliphatic carbocycles. The van der Waals surface area contributed by atoms with Crippen molar-refractivity contribution in [1.29, 1.82) is 0 Å². The van der Waals surface area contributed by atoms with Gasteiger partial charge in [-0.05, 0) is 51.9 Å². The van der Waals surface area contributed by atoms with Gasteiger partial charge in [0.15, 0.2) is 6.29 Å². The van der Waals surface area contributed by atoms with Crippen molar-refractivity contribution in [3.05, 3.63) is 32.6 Å². The summed E-state index contributed by atoms with van der Waals surface area (Å²) >= 11 is 0. The standard InChI is InChI=1S/C23H35FN2O7/c1-16-14-26(22(28)25(21(16)27)10-6-9-24)19-13-23(29,17-7-2-4-11-30-17)18(33-19)15-32-20-8-3-5-12-31-20/h14,17-20,29H,2-13,15H2,1H3/t17?,18-,19-,20?,23-/m1/s1. The average molecular weight is 471 g/mol. The maximum Gasteiger partial charge on any atom is 0.333 e. The van der Waals surface area contributed by atoms with Crippen molar-refractivity contribution >= 4 is 0 Å². The van der Waals surface area contributed by atoms with Crippen LogP contribution in [0.5, 0.6) is 0 Å². The third-order valence-electron chi connectivity index (χ3n) is 6.88. The Labute approximate surface area is 192 Å². The molecule has 0 aromatic carbocycles. The molecule has 0 amide bonds. The molecular formula is C23H35FN2O7. The summed E-state index contributed by atoms with van der Waals surface area (Å²) in [6.45, 7) is 2.28. The SMILES string of the molecule is Cc1cn([C@H]2C[C@@](O)(C3CCCCO3)[C@@H](COC3CCCCO3)O2)c(=O)n(CCCF)c1=O. The van der Waals surface area contributed by atoms with Crippen LogP contribution in [0.2, 0.25) is 0 Å². The zero-order chi connectivity index (χ0) is 23.4. The zero-order valence-electron chi connectivity index (χ0n) is 19.2. The smallest absolute Gasteiger partial charge is 0.333 e. The molecule has 1 N–H and O–H groups in total. The number of hydrogen-bond donors (Lipinski definition) is 1. The first-order valence-corrected chi connectivity index (χ1v) is 12.0. The van der Waals surface area contributed by atoms with Crippen LogP contribution in [-0.4, -0.2) is 64.8 Å². The summed E-state index contributed by atoms with van der Waals surface area (Å²) in [6.07, 6.45) is 4.70. The van der Waals surface area contributed by atoms with Crippen LogP contribution in [-0.2, 0) is 25.5 Å². The number of hydrogen-bond acceptors (Lipinski definition) is 7. The summed E-state index contributed by atoms with van der Waals surface area (Å²) in [4.78, 5) is 25.6. The van der Waals surface area contributed by atoms with Gasteiger partial charge in [-0.25, -0.2) is 4.79 Å². The number of ether oxygens (including phenoxy) is 4. The van der Waals surface area contributed by atoms with Crippen LogP contribution in [0.25, 0.3) is 0 Å². The minimum atomic E-state index is -1.35. The van der Waals surface area contributed by atoms with E-state index in [0.717, 1.165) is 36.7 Å². The highest BCUT2D eigenvalue weighted by atomic mass is 19.1. The van der Waals surface area contributed by atoms with Crippen LogP contribution < -0.4 is 11.2 Å². The van der Waals surface area contributed by atoms with E-state index >= 15 is 0 Å². The number of rotatable bonds is 8. The van der Waals surface area contributed by atoms with Gasteiger partial charge in [0.05, 0.1) is 19.4 Å². The molecule has 10 heteroatoms. The summed E-state index contributed by atoms with van der Waals surface area (Å²) in [5.41, 5.74) is -2.02. The van der Waals surface area contributed by atoms with Crippen LogP contribution >= 0.6 is 0 Å². The topological polar surface area (TPSA) is 101 Å². The Morgan fingerprint density at radius 2 is 1.94 bits per heavy atom. The molecule has 3 fully saturated rings. The van der Waals surface area contributed by atoms with Crippen molar-refractivity contribution in [2.75, 3.05) is 26.5 Å². The largest absolute Gasteiger partial charge is 0.384 e. The van der Waals surface area contributed by atoms with Crippen LogP contribution in [0, 0.1) is 6.92 Å². The predicted octanol–water partition coefficient (Wildman–Crippen LogP) is 1.81. The minimum Gasteiger partial charge on any atom is -0.384 e. The van der Waals surface area contributed by atoms with Crippen LogP contribution in [0.4, 0.5) is 4.39 Å². The molecular weight excluding hydrogens is 435 g/mol. The number of aliphatic hydroxyl groups is 1. The lowest BCUT2D eigenvalue weighted by atomic mass is 9.85. The van der Waals surface area contributed by atoms with Gasteiger partial charge in [0.2, 0.25) is 0 Å². The Hall–Kier alpha value is -1.59. The molecule has 2 unspecified atom stereocenters. The molecule has 1 aromatic rings. The van der Waals surface area contributed by atoms with Gasteiger partial charge in [-0.2, -0.15) is 0 Å². The second kappa shape index (κ2) is 10.8. The fourth-order valence-electron chi connectivity index (χ4n) is 5.00. The van der Waals surface area contributed by atoms with E-state index in [9.17, 15) is 19.1 Å². The van der Waals surface area contributed by atoms with Crippen molar-refractivity contribution in [2.45, 2.75) is 95.2 Å². The summed E-state index contributed by atoms with van der Waals surface area (Å²) in [7, 11) is 0. The van der Waals surface area contributed by atoms with E-state index in [1.54, 1.807) is 6.92 Å². The van der Waals surface area contributed by atoms with E-state index in [0.29, 0.717) is 25.2 Å². The Kier molecular flexibility index (Phi) is 8.01. The highest BCUT2D eigenvalue weighted by molar-refractivity contribution is 5.07. The van der Waals surface area contributed by atoms with E-state index in [4.69, 9.17) is 18.9 Å². The van der Waals surface area contributed by atoms with Crippen LogP contribution in [0.1, 0.15) is 63.2 Å². The number of halogens is 1. The minimum absolute atomic E-state index is 0.00979. The van der Waals surface area contributed by atoms with E-state index in [1.807, 2.05) is 0 Å². The monoisotopic (exact) mass is 470 g/mol. The first kappa shape index (κ1) is 24.5. The number of aromatic nitrogens is 2. The van der Waals surface area contributed by atoms with Gasteiger partial charge in [-0.3, -0.25) is 18.3 Å². The Morgan fingerprint density at radius 1 is 1.18 bits per heavy atom. The summed E-state index contributed by atoms with van der Waals surface area (Å²) in [6, 6.07) is 0. The maximum atomic E-state index is 13.1. The molecule has 186 valence electrons. The molecule has 0 bridgehead atoms. The molecule has 0 spiro atoms. The maximum absolute atomic E-state index is 13.1. The van der Waals surface area contributed by atoms with Crippen molar-refractivity contribution < 1.29 is 28.4 Å². The molecule has 3 aliphatic heterocycles. The molecule has 3 saturated heterocycles. The summed E-state index contributed by atoms with van der Waals surface area (Å²) in [5, 5.41) is 11.8. The summed E-state index contributed by atoms with van der Waals surface area (Å²) < 4.78 is 38.8. The quantitative estimate of drug-likeness (QED) is 0.618. The van der Waals surface area contributed by atoms with Gasteiger partial charge in [0.25, 0.3) is 5.56 Å². The van der Waals surface area contributed by atoms with Crippen LogP contribution in [0.15, 0.2) is 15.8 Å². The predicted molar refractivity (Wildman–Crippen MR) is 117 cm³/mol. The third kappa shape index (κ3) is 5.24. The normalized spacial score (nSPS) is 32.8. The van der Waals surface area contributed by atoms with Crippen molar-refractivity contribution in [1.82, 2.24) is 9.13 Å². The van der Waals surface area contributed by atoms with Gasteiger partial charge >= 0.3 is 5.69 Å². The van der Waals surface area contributed by atoms with Gasteiger partial charge in [0.1, 0.15) is 17.9 Å². The molecule has 33 heavy (non-hydrogen) atoms.